The zero-order chi connectivity index (χ0) is 22.3. The van der Waals surface area contributed by atoms with Crippen molar-refractivity contribution in [2.24, 2.45) is 0 Å². The third kappa shape index (κ3) is 2.65. The molecular formula is C29H25FO2. The maximum absolute atomic E-state index is 14.4. The van der Waals surface area contributed by atoms with E-state index in [-0.39, 0.29) is 5.82 Å². The Hall–Kier alpha value is -3.01. The number of halogens is 1. The Morgan fingerprint density at radius 1 is 0.656 bits per heavy atom. The Morgan fingerprint density at radius 2 is 1.31 bits per heavy atom. The van der Waals surface area contributed by atoms with Gasteiger partial charge in [0.05, 0.1) is 11.2 Å². The van der Waals surface area contributed by atoms with E-state index in [1.165, 1.54) is 28.1 Å². The molecule has 1 aliphatic carbocycles. The number of hydrogen-bond donors (Lipinski definition) is 0. The van der Waals surface area contributed by atoms with Crippen LogP contribution < -0.4 is 0 Å². The number of benzene rings is 4. The van der Waals surface area contributed by atoms with Crippen molar-refractivity contribution in [1.82, 2.24) is 0 Å². The van der Waals surface area contributed by atoms with Crippen LogP contribution in [-0.4, -0.2) is 11.2 Å². The van der Waals surface area contributed by atoms with Gasteiger partial charge in [-0.3, -0.25) is 0 Å². The number of ether oxygens (including phenoxy) is 2. The van der Waals surface area contributed by atoms with Crippen LogP contribution in [0.3, 0.4) is 0 Å². The molecule has 0 spiro atoms. The SMILES string of the molecule is CC1(C)OC(c2ccc3c4c(cccc24)-c2cc(-c4ccccc4F)ccc2-3)OC1(C)C. The molecular weight excluding hydrogens is 399 g/mol. The van der Waals surface area contributed by atoms with Gasteiger partial charge in [0.15, 0.2) is 6.29 Å². The molecule has 0 amide bonds. The maximum atomic E-state index is 14.4. The van der Waals surface area contributed by atoms with Crippen LogP contribution in [0.25, 0.3) is 44.2 Å². The summed E-state index contributed by atoms with van der Waals surface area (Å²) in [7, 11) is 0. The van der Waals surface area contributed by atoms with Gasteiger partial charge in [0.1, 0.15) is 5.82 Å². The predicted molar refractivity (Wildman–Crippen MR) is 127 cm³/mol. The van der Waals surface area contributed by atoms with Crippen molar-refractivity contribution >= 4 is 10.8 Å². The van der Waals surface area contributed by atoms with Crippen LogP contribution in [-0.2, 0) is 9.47 Å². The molecule has 0 N–H and O–H groups in total. The summed E-state index contributed by atoms with van der Waals surface area (Å²) in [6, 6.07) is 23.8. The van der Waals surface area contributed by atoms with Gasteiger partial charge in [0.25, 0.3) is 0 Å². The van der Waals surface area contributed by atoms with Crippen molar-refractivity contribution in [2.75, 3.05) is 0 Å². The Kier molecular flexibility index (Phi) is 4.00. The van der Waals surface area contributed by atoms with E-state index in [1.54, 1.807) is 6.07 Å². The van der Waals surface area contributed by atoms with Crippen molar-refractivity contribution < 1.29 is 13.9 Å². The van der Waals surface area contributed by atoms with E-state index in [9.17, 15) is 4.39 Å². The van der Waals surface area contributed by atoms with E-state index in [0.717, 1.165) is 22.1 Å². The maximum Gasteiger partial charge on any atom is 0.185 e. The van der Waals surface area contributed by atoms with Crippen molar-refractivity contribution in [3.05, 3.63) is 84.2 Å². The van der Waals surface area contributed by atoms with Gasteiger partial charge >= 0.3 is 0 Å². The van der Waals surface area contributed by atoms with Gasteiger partial charge in [-0.25, -0.2) is 4.39 Å². The Bertz CT molecular complexity index is 1380. The lowest BCUT2D eigenvalue weighted by atomic mass is 9.90. The fourth-order valence-corrected chi connectivity index (χ4v) is 4.92. The summed E-state index contributed by atoms with van der Waals surface area (Å²) >= 11 is 0. The van der Waals surface area contributed by atoms with E-state index >= 15 is 0 Å². The van der Waals surface area contributed by atoms with E-state index in [0.29, 0.717) is 5.56 Å². The highest BCUT2D eigenvalue weighted by atomic mass is 19.1. The molecule has 4 aromatic carbocycles. The average Bonchev–Trinajstić information content (AvgIpc) is 3.19. The number of hydrogen-bond acceptors (Lipinski definition) is 2. The highest BCUT2D eigenvalue weighted by molar-refractivity contribution is 6.16. The molecule has 0 saturated carbocycles. The van der Waals surface area contributed by atoms with Gasteiger partial charge in [-0.15, -0.1) is 0 Å². The second kappa shape index (κ2) is 6.50. The van der Waals surface area contributed by atoms with E-state index < -0.39 is 17.5 Å². The molecule has 160 valence electrons. The van der Waals surface area contributed by atoms with Gasteiger partial charge < -0.3 is 9.47 Å². The van der Waals surface area contributed by atoms with Gasteiger partial charge in [0.2, 0.25) is 0 Å². The molecule has 3 heteroatoms. The van der Waals surface area contributed by atoms with Gasteiger partial charge in [-0.05, 0) is 78.4 Å². The number of fused-ring (bicyclic) bond motifs is 3. The Balaban J connectivity index is 1.52. The van der Waals surface area contributed by atoms with Crippen LogP contribution in [0.2, 0.25) is 0 Å². The molecule has 4 aromatic rings. The van der Waals surface area contributed by atoms with Crippen LogP contribution in [0.5, 0.6) is 0 Å². The highest BCUT2D eigenvalue weighted by Gasteiger charge is 2.50. The third-order valence-corrected chi connectivity index (χ3v) is 7.37. The van der Waals surface area contributed by atoms with Crippen LogP contribution in [0, 0.1) is 5.82 Å². The first kappa shape index (κ1) is 19.7. The summed E-state index contributed by atoms with van der Waals surface area (Å²) in [5, 5.41) is 2.35. The van der Waals surface area contributed by atoms with Crippen molar-refractivity contribution in [3.8, 4) is 33.4 Å². The van der Waals surface area contributed by atoms with Gasteiger partial charge in [0, 0.05) is 11.1 Å². The van der Waals surface area contributed by atoms with Crippen LogP contribution in [0.4, 0.5) is 4.39 Å². The second-order valence-corrected chi connectivity index (χ2v) is 9.76. The molecule has 0 atom stereocenters. The molecule has 1 saturated heterocycles. The minimum Gasteiger partial charge on any atom is -0.339 e. The smallest absolute Gasteiger partial charge is 0.185 e. The summed E-state index contributed by atoms with van der Waals surface area (Å²) in [4.78, 5) is 0. The molecule has 0 bridgehead atoms. The standard InChI is InChI=1S/C29H25FO2/c1-28(2)29(3,4)32-27(31-28)23-15-14-22-19-13-12-17(18-8-5-6-11-25(18)30)16-24(19)21-10-7-9-20(23)26(21)22/h5-16,27H,1-4H3. The third-order valence-electron chi connectivity index (χ3n) is 7.37. The minimum absolute atomic E-state index is 0.204. The quantitative estimate of drug-likeness (QED) is 0.287. The lowest BCUT2D eigenvalue weighted by Gasteiger charge is -2.30. The van der Waals surface area contributed by atoms with Crippen LogP contribution >= 0.6 is 0 Å². The molecule has 0 aromatic heterocycles. The normalized spacial score (nSPS) is 18.3. The molecule has 1 heterocycles. The first-order valence-corrected chi connectivity index (χ1v) is 11.1. The first-order chi connectivity index (χ1) is 15.3. The monoisotopic (exact) mass is 424 g/mol. The second-order valence-electron chi connectivity index (χ2n) is 9.76. The fourth-order valence-electron chi connectivity index (χ4n) is 4.92. The summed E-state index contributed by atoms with van der Waals surface area (Å²) in [6.45, 7) is 8.31. The molecule has 6 rings (SSSR count). The molecule has 1 aliphatic heterocycles. The van der Waals surface area contributed by atoms with Crippen molar-refractivity contribution in [2.45, 2.75) is 45.2 Å². The highest BCUT2D eigenvalue weighted by Crippen LogP contribution is 2.52. The van der Waals surface area contributed by atoms with Gasteiger partial charge in [-0.1, -0.05) is 60.7 Å². The topological polar surface area (TPSA) is 18.5 Å². The lowest BCUT2D eigenvalue weighted by molar-refractivity contribution is -0.0885. The number of rotatable bonds is 2. The Labute approximate surface area is 187 Å². The fraction of sp³-hybridized carbons (Fsp3) is 0.241. The Morgan fingerprint density at radius 3 is 2.06 bits per heavy atom. The van der Waals surface area contributed by atoms with E-state index in [4.69, 9.17) is 9.47 Å². The van der Waals surface area contributed by atoms with Crippen LogP contribution in [0.15, 0.2) is 72.8 Å². The lowest BCUT2D eigenvalue weighted by Crippen LogP contribution is -2.41. The largest absolute Gasteiger partial charge is 0.339 e. The molecule has 2 nitrogen and oxygen atoms in total. The van der Waals surface area contributed by atoms with Crippen molar-refractivity contribution in [3.63, 3.8) is 0 Å². The van der Waals surface area contributed by atoms with E-state index in [2.05, 4.69) is 70.2 Å². The molecule has 0 radical (unpaired) electrons. The molecule has 2 aliphatic rings. The first-order valence-electron chi connectivity index (χ1n) is 11.1. The van der Waals surface area contributed by atoms with E-state index in [1.807, 2.05) is 18.2 Å². The summed E-state index contributed by atoms with van der Waals surface area (Å²) in [5.74, 6) is -0.204. The van der Waals surface area contributed by atoms with Gasteiger partial charge in [-0.2, -0.15) is 0 Å². The summed E-state index contributed by atoms with van der Waals surface area (Å²) in [5.41, 5.74) is 6.46. The summed E-state index contributed by atoms with van der Waals surface area (Å²) in [6.07, 6.45) is -0.415. The predicted octanol–water partition coefficient (Wildman–Crippen LogP) is 7.90. The molecule has 32 heavy (non-hydrogen) atoms. The molecule has 1 fully saturated rings. The molecule has 0 unspecified atom stereocenters. The minimum atomic E-state index is -0.415. The zero-order valence-corrected chi connectivity index (χ0v) is 18.7. The summed E-state index contributed by atoms with van der Waals surface area (Å²) < 4.78 is 27.2. The van der Waals surface area contributed by atoms with Crippen molar-refractivity contribution in [1.29, 1.82) is 0 Å². The zero-order valence-electron chi connectivity index (χ0n) is 18.7. The average molecular weight is 425 g/mol. The van der Waals surface area contributed by atoms with Crippen LogP contribution in [0.1, 0.15) is 39.5 Å².